The quantitative estimate of drug-likeness (QED) is 0.806. The van der Waals surface area contributed by atoms with Gasteiger partial charge in [0, 0.05) is 50.6 Å². The Morgan fingerprint density at radius 2 is 1.87 bits per heavy atom. The van der Waals surface area contributed by atoms with Crippen LogP contribution in [0.1, 0.15) is 38.2 Å². The maximum absolute atomic E-state index is 13.3. The van der Waals surface area contributed by atoms with Gasteiger partial charge in [0.2, 0.25) is 0 Å². The van der Waals surface area contributed by atoms with Gasteiger partial charge in [-0.2, -0.15) is 14.0 Å². The Labute approximate surface area is 180 Å². The van der Waals surface area contributed by atoms with Crippen LogP contribution in [-0.4, -0.2) is 69.9 Å². The molecule has 9 heteroatoms. The summed E-state index contributed by atoms with van der Waals surface area (Å²) < 4.78 is 26.6. The van der Waals surface area contributed by atoms with Gasteiger partial charge >= 0.3 is 5.92 Å². The Kier molecular flexibility index (Phi) is 6.01. The van der Waals surface area contributed by atoms with E-state index in [1.54, 1.807) is 6.07 Å². The van der Waals surface area contributed by atoms with Gasteiger partial charge in [0.1, 0.15) is 12.1 Å². The fourth-order valence-corrected chi connectivity index (χ4v) is 4.59. The second kappa shape index (κ2) is 8.71. The van der Waals surface area contributed by atoms with Gasteiger partial charge in [0.05, 0.1) is 17.1 Å². The first-order chi connectivity index (χ1) is 14.8. The van der Waals surface area contributed by atoms with Crippen LogP contribution in [-0.2, 0) is 4.79 Å². The zero-order chi connectivity index (χ0) is 22.0. The van der Waals surface area contributed by atoms with Crippen molar-refractivity contribution in [1.82, 2.24) is 19.8 Å². The Morgan fingerprint density at radius 1 is 1.16 bits per heavy atom. The van der Waals surface area contributed by atoms with E-state index in [9.17, 15) is 18.8 Å². The maximum atomic E-state index is 13.3. The van der Waals surface area contributed by atoms with Crippen LogP contribution in [0.4, 0.5) is 14.6 Å². The Morgan fingerprint density at radius 3 is 2.52 bits per heavy atom. The van der Waals surface area contributed by atoms with Crippen LogP contribution in [0.3, 0.4) is 0 Å². The van der Waals surface area contributed by atoms with E-state index in [1.165, 1.54) is 11.2 Å². The number of carbonyl (C=O) groups is 1. The molecule has 1 aromatic carbocycles. The highest BCUT2D eigenvalue weighted by atomic mass is 19.3. The van der Waals surface area contributed by atoms with E-state index in [0.29, 0.717) is 44.7 Å². The maximum Gasteiger partial charge on any atom is 0.322 e. The summed E-state index contributed by atoms with van der Waals surface area (Å²) in [5.41, 5.74) is 1.38. The normalized spacial score (nSPS) is 22.8. The summed E-state index contributed by atoms with van der Waals surface area (Å²) in [6, 6.07) is 8.23. The molecule has 164 valence electrons. The summed E-state index contributed by atoms with van der Waals surface area (Å²) in [6.45, 7) is 2.65. The predicted molar refractivity (Wildman–Crippen MR) is 113 cm³/mol. The molecule has 1 aliphatic heterocycles. The van der Waals surface area contributed by atoms with Gasteiger partial charge in [-0.3, -0.25) is 9.69 Å². The number of aromatic nitrogens is 2. The van der Waals surface area contributed by atoms with Crippen LogP contribution in [0.15, 0.2) is 24.5 Å². The number of rotatable bonds is 4. The largest absolute Gasteiger partial charge is 0.367 e. The van der Waals surface area contributed by atoms with Gasteiger partial charge in [0.25, 0.3) is 5.91 Å². The summed E-state index contributed by atoms with van der Waals surface area (Å²) in [6.07, 6.45) is 5.48. The number of nitriles is 1. The molecule has 0 radical (unpaired) electrons. The fraction of sp³-hybridized carbons (Fsp3) is 0.545. The van der Waals surface area contributed by atoms with Crippen LogP contribution in [0, 0.1) is 11.3 Å². The second-order valence-electron chi connectivity index (χ2n) is 8.43. The molecule has 0 unspecified atom stereocenters. The summed E-state index contributed by atoms with van der Waals surface area (Å²) >= 11 is 0. The summed E-state index contributed by atoms with van der Waals surface area (Å²) in [5, 5.41) is 13.5. The number of hydrogen-bond acceptors (Lipinski definition) is 6. The molecule has 7 nitrogen and oxygen atoms in total. The standard InChI is InChI=1S/C22H26F2N6O/c1-22(23,24)21(31)30-10-8-29(9-11-30)17-5-3-16(4-6-17)28-20-18-12-15(13-25)2-7-19(18)26-14-27-20/h2,7,12,14,16-17H,3-6,8-11H2,1H3,(H,26,27,28). The first-order valence-corrected chi connectivity index (χ1v) is 10.7. The highest BCUT2D eigenvalue weighted by Crippen LogP contribution is 2.29. The molecule has 1 aliphatic carbocycles. The van der Waals surface area contributed by atoms with Crippen molar-refractivity contribution < 1.29 is 13.6 Å². The zero-order valence-electron chi connectivity index (χ0n) is 17.5. The van der Waals surface area contributed by atoms with Crippen LogP contribution in [0.2, 0.25) is 0 Å². The lowest BCUT2D eigenvalue weighted by atomic mass is 9.89. The topological polar surface area (TPSA) is 85.2 Å². The number of anilines is 1. The molecule has 0 bridgehead atoms. The molecule has 31 heavy (non-hydrogen) atoms. The molecule has 2 fully saturated rings. The van der Waals surface area contributed by atoms with Gasteiger partial charge in [-0.25, -0.2) is 9.97 Å². The minimum absolute atomic E-state index is 0.279. The van der Waals surface area contributed by atoms with Crippen molar-refractivity contribution in [2.45, 2.75) is 50.6 Å². The molecular weight excluding hydrogens is 402 g/mol. The first-order valence-electron chi connectivity index (χ1n) is 10.7. The van der Waals surface area contributed by atoms with E-state index in [-0.39, 0.29) is 6.04 Å². The number of hydrogen-bond donors (Lipinski definition) is 1. The fourth-order valence-electron chi connectivity index (χ4n) is 4.59. The highest BCUT2D eigenvalue weighted by molar-refractivity contribution is 5.90. The van der Waals surface area contributed by atoms with E-state index in [1.807, 2.05) is 12.1 Å². The van der Waals surface area contributed by atoms with Crippen molar-refractivity contribution in [2.75, 3.05) is 31.5 Å². The minimum atomic E-state index is -3.30. The van der Waals surface area contributed by atoms with Gasteiger partial charge in [0.15, 0.2) is 0 Å². The molecule has 1 N–H and O–H groups in total. The highest BCUT2D eigenvalue weighted by Gasteiger charge is 2.38. The van der Waals surface area contributed by atoms with Gasteiger partial charge in [-0.1, -0.05) is 0 Å². The van der Waals surface area contributed by atoms with Crippen molar-refractivity contribution in [2.24, 2.45) is 0 Å². The number of nitrogens with one attached hydrogen (secondary N) is 1. The Bertz CT molecular complexity index is 986. The summed E-state index contributed by atoms with van der Waals surface area (Å²) in [7, 11) is 0. The number of halogens is 2. The number of carbonyl (C=O) groups excluding carboxylic acids is 1. The molecule has 4 rings (SSSR count). The van der Waals surface area contributed by atoms with Crippen LogP contribution >= 0.6 is 0 Å². The third-order valence-corrected chi connectivity index (χ3v) is 6.30. The monoisotopic (exact) mass is 428 g/mol. The summed E-state index contributed by atoms with van der Waals surface area (Å²) in [5.74, 6) is -3.62. The van der Waals surface area contributed by atoms with Crippen molar-refractivity contribution >= 4 is 22.6 Å². The van der Waals surface area contributed by atoms with E-state index < -0.39 is 11.8 Å². The number of fused-ring (bicyclic) bond motifs is 1. The van der Waals surface area contributed by atoms with Crippen LogP contribution < -0.4 is 5.32 Å². The minimum Gasteiger partial charge on any atom is -0.367 e. The average Bonchev–Trinajstić information content (AvgIpc) is 2.78. The van der Waals surface area contributed by atoms with E-state index in [2.05, 4.69) is 26.3 Å². The predicted octanol–water partition coefficient (Wildman–Crippen LogP) is 3.02. The molecule has 1 saturated carbocycles. The molecule has 1 saturated heterocycles. The zero-order valence-corrected chi connectivity index (χ0v) is 17.5. The molecule has 0 atom stereocenters. The van der Waals surface area contributed by atoms with E-state index in [4.69, 9.17) is 0 Å². The molecule has 1 amide bonds. The van der Waals surface area contributed by atoms with Crippen molar-refractivity contribution in [3.05, 3.63) is 30.1 Å². The third-order valence-electron chi connectivity index (χ3n) is 6.30. The SMILES string of the molecule is CC(F)(F)C(=O)N1CCN(C2CCC(Nc3ncnc4ccc(C#N)cc34)CC2)CC1. The molecule has 1 aromatic heterocycles. The van der Waals surface area contributed by atoms with Gasteiger partial charge < -0.3 is 10.2 Å². The van der Waals surface area contributed by atoms with Crippen LogP contribution in [0.5, 0.6) is 0 Å². The van der Waals surface area contributed by atoms with Crippen molar-refractivity contribution in [3.8, 4) is 6.07 Å². The number of benzene rings is 1. The average molecular weight is 428 g/mol. The van der Waals surface area contributed by atoms with Gasteiger partial charge in [-0.15, -0.1) is 0 Å². The number of alkyl halides is 2. The molecule has 2 aromatic rings. The molecule has 0 spiro atoms. The lowest BCUT2D eigenvalue weighted by Gasteiger charge is -2.42. The van der Waals surface area contributed by atoms with Gasteiger partial charge in [-0.05, 0) is 43.9 Å². The molecule has 2 heterocycles. The number of piperazine rings is 1. The van der Waals surface area contributed by atoms with E-state index in [0.717, 1.165) is 42.4 Å². The molecular formula is C22H26F2N6O. The number of amides is 1. The smallest absolute Gasteiger partial charge is 0.322 e. The van der Waals surface area contributed by atoms with Crippen LogP contribution in [0.25, 0.3) is 10.9 Å². The lowest BCUT2D eigenvalue weighted by Crippen LogP contribution is -2.55. The van der Waals surface area contributed by atoms with Crippen molar-refractivity contribution in [3.63, 3.8) is 0 Å². The summed E-state index contributed by atoms with van der Waals surface area (Å²) in [4.78, 5) is 24.0. The Balaban J connectivity index is 1.32. The second-order valence-corrected chi connectivity index (χ2v) is 8.43. The van der Waals surface area contributed by atoms with E-state index >= 15 is 0 Å². The van der Waals surface area contributed by atoms with Crippen molar-refractivity contribution in [1.29, 1.82) is 5.26 Å². The Hall–Kier alpha value is -2.86. The lowest BCUT2D eigenvalue weighted by molar-refractivity contribution is -0.157. The molecule has 2 aliphatic rings. The third kappa shape index (κ3) is 4.74. The first kappa shape index (κ1) is 21.4. The number of nitrogens with zero attached hydrogens (tertiary/aromatic N) is 5.